The number of thioether (sulfide) groups is 1. The van der Waals surface area contributed by atoms with Gasteiger partial charge in [-0.15, -0.1) is 11.3 Å². The molecule has 19 heavy (non-hydrogen) atoms. The normalized spacial score (nSPS) is 11.1. The third-order valence-electron chi connectivity index (χ3n) is 2.93. The number of anilines is 1. The predicted octanol–water partition coefficient (Wildman–Crippen LogP) is 3.97. The highest BCUT2D eigenvalue weighted by Crippen LogP contribution is 2.30. The second kappa shape index (κ2) is 5.27. The lowest BCUT2D eigenvalue weighted by Gasteiger charge is -2.04. The molecular weight excluding hydrogens is 274 g/mol. The third kappa shape index (κ3) is 2.77. The number of hydrogen-bond donors (Lipinski definition) is 1. The van der Waals surface area contributed by atoms with Gasteiger partial charge in [-0.1, -0.05) is 11.8 Å². The van der Waals surface area contributed by atoms with Crippen molar-refractivity contribution in [2.45, 2.75) is 10.9 Å². The van der Waals surface area contributed by atoms with Crippen LogP contribution in [0, 0.1) is 0 Å². The zero-order chi connectivity index (χ0) is 13.2. The van der Waals surface area contributed by atoms with Gasteiger partial charge in [0.05, 0.1) is 10.2 Å². The summed E-state index contributed by atoms with van der Waals surface area (Å²) in [5.41, 5.74) is 3.52. The summed E-state index contributed by atoms with van der Waals surface area (Å²) in [6.07, 6.45) is 6.25. The number of fused-ring (bicyclic) bond motifs is 1. The largest absolute Gasteiger partial charge is 0.381 e. The molecule has 0 radical (unpaired) electrons. The van der Waals surface area contributed by atoms with Crippen LogP contribution in [0.15, 0.2) is 41.0 Å². The summed E-state index contributed by atoms with van der Waals surface area (Å²) in [7, 11) is 2.04. The lowest BCUT2D eigenvalue weighted by Crippen LogP contribution is -1.97. The van der Waals surface area contributed by atoms with Crippen molar-refractivity contribution in [1.82, 2.24) is 9.55 Å². The molecule has 0 saturated heterocycles. The SMILES string of the molecule is CSc1nc2ccc(NCc3ccn(C)c3)cc2s1. The Morgan fingerprint density at radius 3 is 3.00 bits per heavy atom. The van der Waals surface area contributed by atoms with Crippen LogP contribution in [0.4, 0.5) is 5.69 Å². The Kier molecular flexibility index (Phi) is 3.48. The van der Waals surface area contributed by atoms with Crippen LogP contribution in [0.1, 0.15) is 5.56 Å². The van der Waals surface area contributed by atoms with Gasteiger partial charge in [0.2, 0.25) is 0 Å². The molecule has 0 amide bonds. The van der Waals surface area contributed by atoms with E-state index >= 15 is 0 Å². The number of nitrogens with one attached hydrogen (secondary N) is 1. The van der Waals surface area contributed by atoms with Gasteiger partial charge in [-0.2, -0.15) is 0 Å². The quantitative estimate of drug-likeness (QED) is 0.737. The van der Waals surface area contributed by atoms with E-state index in [1.807, 2.05) is 7.05 Å². The molecule has 2 heterocycles. The average molecular weight is 289 g/mol. The van der Waals surface area contributed by atoms with Crippen LogP contribution in [0.2, 0.25) is 0 Å². The molecule has 0 aliphatic rings. The Morgan fingerprint density at radius 1 is 1.37 bits per heavy atom. The van der Waals surface area contributed by atoms with E-state index in [1.165, 1.54) is 10.3 Å². The minimum Gasteiger partial charge on any atom is -0.381 e. The number of hydrogen-bond acceptors (Lipinski definition) is 4. The molecule has 3 aromatic rings. The molecule has 3 nitrogen and oxygen atoms in total. The van der Waals surface area contributed by atoms with Gasteiger partial charge < -0.3 is 9.88 Å². The second-order valence-electron chi connectivity index (χ2n) is 4.41. The van der Waals surface area contributed by atoms with Crippen LogP contribution in [0.3, 0.4) is 0 Å². The maximum Gasteiger partial charge on any atom is 0.150 e. The van der Waals surface area contributed by atoms with E-state index in [0.29, 0.717) is 0 Å². The van der Waals surface area contributed by atoms with E-state index in [0.717, 1.165) is 22.1 Å². The zero-order valence-corrected chi connectivity index (χ0v) is 12.5. The molecule has 5 heteroatoms. The summed E-state index contributed by atoms with van der Waals surface area (Å²) in [5, 5.41) is 3.45. The van der Waals surface area contributed by atoms with Crippen LogP contribution >= 0.6 is 23.1 Å². The number of nitrogens with zero attached hydrogens (tertiary/aromatic N) is 2. The molecule has 0 atom stereocenters. The summed E-state index contributed by atoms with van der Waals surface area (Å²) in [6, 6.07) is 8.48. The van der Waals surface area contributed by atoms with E-state index in [9.17, 15) is 0 Å². The van der Waals surface area contributed by atoms with Crippen LogP contribution in [0.25, 0.3) is 10.2 Å². The fraction of sp³-hybridized carbons (Fsp3) is 0.214. The Hall–Kier alpha value is -1.46. The first-order valence-corrected chi connectivity index (χ1v) is 8.08. The van der Waals surface area contributed by atoms with Gasteiger partial charge in [0, 0.05) is 31.7 Å². The van der Waals surface area contributed by atoms with Crippen LogP contribution in [-0.4, -0.2) is 15.8 Å². The standard InChI is InChI=1S/C14H15N3S2/c1-17-6-5-10(9-17)8-15-11-3-4-12-13(7-11)19-14(16-12)18-2/h3-7,9,15H,8H2,1-2H3. The average Bonchev–Trinajstić information content (AvgIpc) is 3.01. The van der Waals surface area contributed by atoms with Crippen molar-refractivity contribution < 1.29 is 0 Å². The minimum atomic E-state index is 0.848. The molecule has 0 bridgehead atoms. The monoisotopic (exact) mass is 289 g/mol. The Labute approximate surface area is 120 Å². The molecule has 2 aromatic heterocycles. The van der Waals surface area contributed by atoms with Crippen molar-refractivity contribution in [2.75, 3.05) is 11.6 Å². The Morgan fingerprint density at radius 2 is 2.26 bits per heavy atom. The smallest absolute Gasteiger partial charge is 0.150 e. The lowest BCUT2D eigenvalue weighted by atomic mass is 10.2. The van der Waals surface area contributed by atoms with Gasteiger partial charge in [0.15, 0.2) is 4.34 Å². The fourth-order valence-electron chi connectivity index (χ4n) is 1.97. The molecule has 1 N–H and O–H groups in total. The topological polar surface area (TPSA) is 29.9 Å². The molecule has 0 aliphatic carbocycles. The highest BCUT2D eigenvalue weighted by Gasteiger charge is 2.04. The number of thiazole rings is 1. The lowest BCUT2D eigenvalue weighted by molar-refractivity contribution is 0.920. The molecule has 3 rings (SSSR count). The molecular formula is C14H15N3S2. The molecule has 0 spiro atoms. The van der Waals surface area contributed by atoms with Crippen molar-refractivity contribution in [3.05, 3.63) is 42.2 Å². The van der Waals surface area contributed by atoms with Gasteiger partial charge >= 0.3 is 0 Å². The minimum absolute atomic E-state index is 0.848. The maximum absolute atomic E-state index is 4.54. The highest BCUT2D eigenvalue weighted by atomic mass is 32.2. The van der Waals surface area contributed by atoms with E-state index in [1.54, 1.807) is 23.1 Å². The van der Waals surface area contributed by atoms with Gasteiger partial charge in [-0.05, 0) is 36.1 Å². The Bertz CT molecular complexity index is 700. The van der Waals surface area contributed by atoms with Gasteiger partial charge in [0.25, 0.3) is 0 Å². The second-order valence-corrected chi connectivity index (χ2v) is 6.49. The number of aromatic nitrogens is 2. The van der Waals surface area contributed by atoms with Crippen LogP contribution in [-0.2, 0) is 13.6 Å². The third-order valence-corrected chi connectivity index (χ3v) is 4.94. The zero-order valence-electron chi connectivity index (χ0n) is 10.9. The van der Waals surface area contributed by atoms with Gasteiger partial charge in [-0.25, -0.2) is 4.98 Å². The van der Waals surface area contributed by atoms with Gasteiger partial charge in [-0.3, -0.25) is 0 Å². The summed E-state index contributed by atoms with van der Waals surface area (Å²) >= 11 is 3.44. The molecule has 1 aromatic carbocycles. The number of aryl methyl sites for hydroxylation is 1. The maximum atomic E-state index is 4.54. The van der Waals surface area contributed by atoms with Crippen molar-refractivity contribution in [3.8, 4) is 0 Å². The van der Waals surface area contributed by atoms with Crippen LogP contribution < -0.4 is 5.32 Å². The van der Waals surface area contributed by atoms with Crippen molar-refractivity contribution in [2.24, 2.45) is 7.05 Å². The van der Waals surface area contributed by atoms with E-state index in [-0.39, 0.29) is 0 Å². The molecule has 98 valence electrons. The first-order valence-electron chi connectivity index (χ1n) is 6.04. The summed E-state index contributed by atoms with van der Waals surface area (Å²) in [6.45, 7) is 0.848. The number of rotatable bonds is 4. The summed E-state index contributed by atoms with van der Waals surface area (Å²) in [5.74, 6) is 0. The van der Waals surface area contributed by atoms with Crippen LogP contribution in [0.5, 0.6) is 0 Å². The molecule has 0 saturated carbocycles. The summed E-state index contributed by atoms with van der Waals surface area (Å²) in [4.78, 5) is 4.54. The van der Waals surface area contributed by atoms with Gasteiger partial charge in [0.1, 0.15) is 0 Å². The van der Waals surface area contributed by atoms with E-state index in [4.69, 9.17) is 0 Å². The molecule has 0 fully saturated rings. The van der Waals surface area contributed by atoms with Crippen molar-refractivity contribution >= 4 is 39.0 Å². The van der Waals surface area contributed by atoms with Crippen molar-refractivity contribution in [3.63, 3.8) is 0 Å². The first-order chi connectivity index (χ1) is 9.24. The fourth-order valence-corrected chi connectivity index (χ4v) is 3.50. The highest BCUT2D eigenvalue weighted by molar-refractivity contribution is 8.00. The van der Waals surface area contributed by atoms with E-state index in [2.05, 4.69) is 57.8 Å². The number of benzene rings is 1. The predicted molar refractivity (Wildman–Crippen MR) is 84.1 cm³/mol. The van der Waals surface area contributed by atoms with E-state index < -0.39 is 0 Å². The molecule has 0 unspecified atom stereocenters. The first kappa shape index (κ1) is 12.6. The molecule has 0 aliphatic heterocycles. The van der Waals surface area contributed by atoms with Crippen molar-refractivity contribution in [1.29, 1.82) is 0 Å². The summed E-state index contributed by atoms with van der Waals surface area (Å²) < 4.78 is 4.42. The Balaban J connectivity index is 1.77.